The highest BCUT2D eigenvalue weighted by Crippen LogP contribution is 2.38. The van der Waals surface area contributed by atoms with Gasteiger partial charge >= 0.3 is 5.97 Å². The number of rotatable bonds is 5. The summed E-state index contributed by atoms with van der Waals surface area (Å²) in [4.78, 5) is 37.2. The van der Waals surface area contributed by atoms with E-state index in [9.17, 15) is 19.5 Å². The number of hydrogen-bond acceptors (Lipinski definition) is 7. The molecule has 25 heavy (non-hydrogen) atoms. The Balaban J connectivity index is 2.35. The van der Waals surface area contributed by atoms with Gasteiger partial charge in [-0.2, -0.15) is 0 Å². The van der Waals surface area contributed by atoms with E-state index in [1.54, 1.807) is 19.1 Å². The topological polar surface area (TPSA) is 93.1 Å². The SMILES string of the molecule is CCOc1cc(/C=C2\SC(=O)N([C@@H](C)C(=O)OC)C2=O)cc(Br)c1O. The number of phenolic OH excluding ortho intramolecular Hbond substituents is 1. The monoisotopic (exact) mass is 429 g/mol. The Morgan fingerprint density at radius 3 is 2.72 bits per heavy atom. The van der Waals surface area contributed by atoms with Crippen molar-refractivity contribution in [2.24, 2.45) is 0 Å². The van der Waals surface area contributed by atoms with E-state index in [4.69, 9.17) is 4.74 Å². The van der Waals surface area contributed by atoms with E-state index in [0.29, 0.717) is 16.6 Å². The number of ether oxygens (including phenoxy) is 2. The molecule has 1 N–H and O–H groups in total. The number of benzene rings is 1. The molecule has 1 aliphatic rings. The molecule has 1 aromatic rings. The lowest BCUT2D eigenvalue weighted by molar-refractivity contribution is -0.148. The largest absolute Gasteiger partial charge is 0.503 e. The first-order valence-electron chi connectivity index (χ1n) is 7.30. The van der Waals surface area contributed by atoms with E-state index in [0.717, 1.165) is 16.7 Å². The molecule has 0 unspecified atom stereocenters. The summed E-state index contributed by atoms with van der Waals surface area (Å²) in [5, 5.41) is 9.39. The van der Waals surface area contributed by atoms with Gasteiger partial charge in [-0.05, 0) is 65.3 Å². The number of methoxy groups -OCH3 is 1. The highest BCUT2D eigenvalue weighted by atomic mass is 79.9. The Bertz CT molecular complexity index is 763. The van der Waals surface area contributed by atoms with Gasteiger partial charge in [0.05, 0.1) is 23.1 Å². The van der Waals surface area contributed by atoms with Crippen molar-refractivity contribution in [2.75, 3.05) is 13.7 Å². The van der Waals surface area contributed by atoms with E-state index in [-0.39, 0.29) is 16.4 Å². The zero-order valence-corrected chi connectivity index (χ0v) is 16.1. The van der Waals surface area contributed by atoms with Crippen molar-refractivity contribution in [3.63, 3.8) is 0 Å². The number of phenols is 1. The molecule has 0 saturated carbocycles. The first kappa shape index (κ1) is 19.3. The molecule has 2 rings (SSSR count). The minimum Gasteiger partial charge on any atom is -0.503 e. The second-order valence-electron chi connectivity index (χ2n) is 5.03. The van der Waals surface area contributed by atoms with E-state index in [1.807, 2.05) is 0 Å². The van der Waals surface area contributed by atoms with Crippen LogP contribution in [0.25, 0.3) is 6.08 Å². The van der Waals surface area contributed by atoms with Gasteiger partial charge in [-0.3, -0.25) is 14.5 Å². The van der Waals surface area contributed by atoms with E-state index < -0.39 is 23.2 Å². The number of halogens is 1. The number of nitrogens with zero attached hydrogens (tertiary/aromatic N) is 1. The predicted octanol–water partition coefficient (Wildman–Crippen LogP) is 3.15. The third-order valence-electron chi connectivity index (χ3n) is 3.40. The van der Waals surface area contributed by atoms with Crippen LogP contribution in [0.2, 0.25) is 0 Å². The maximum Gasteiger partial charge on any atom is 0.328 e. The van der Waals surface area contributed by atoms with Crippen LogP contribution in [0.1, 0.15) is 19.4 Å². The van der Waals surface area contributed by atoms with Crippen LogP contribution in [0.5, 0.6) is 11.5 Å². The van der Waals surface area contributed by atoms with Gasteiger partial charge < -0.3 is 14.6 Å². The van der Waals surface area contributed by atoms with Crippen LogP contribution in [0.15, 0.2) is 21.5 Å². The lowest BCUT2D eigenvalue weighted by Gasteiger charge is -2.18. The van der Waals surface area contributed by atoms with Crippen LogP contribution < -0.4 is 4.74 Å². The number of thioether (sulfide) groups is 1. The number of aromatic hydroxyl groups is 1. The van der Waals surface area contributed by atoms with Gasteiger partial charge in [0.1, 0.15) is 6.04 Å². The number of carbonyl (C=O) groups is 3. The predicted molar refractivity (Wildman–Crippen MR) is 96.3 cm³/mol. The Morgan fingerprint density at radius 2 is 2.12 bits per heavy atom. The first-order chi connectivity index (χ1) is 11.8. The zero-order valence-electron chi connectivity index (χ0n) is 13.7. The van der Waals surface area contributed by atoms with Gasteiger partial charge in [0.15, 0.2) is 11.5 Å². The van der Waals surface area contributed by atoms with Crippen molar-refractivity contribution in [3.8, 4) is 11.5 Å². The summed E-state index contributed by atoms with van der Waals surface area (Å²) in [6.07, 6.45) is 1.50. The molecule has 134 valence electrons. The van der Waals surface area contributed by atoms with Gasteiger partial charge in [-0.1, -0.05) is 0 Å². The Morgan fingerprint density at radius 1 is 1.44 bits per heavy atom. The van der Waals surface area contributed by atoms with Crippen LogP contribution in [-0.2, 0) is 14.3 Å². The van der Waals surface area contributed by atoms with Crippen molar-refractivity contribution < 1.29 is 29.0 Å². The van der Waals surface area contributed by atoms with Crippen LogP contribution in [0.4, 0.5) is 4.79 Å². The third-order valence-corrected chi connectivity index (χ3v) is 4.89. The van der Waals surface area contributed by atoms with Crippen molar-refractivity contribution in [1.29, 1.82) is 0 Å². The molecule has 1 heterocycles. The molecule has 2 amide bonds. The summed E-state index contributed by atoms with van der Waals surface area (Å²) in [6.45, 7) is 3.56. The lowest BCUT2D eigenvalue weighted by atomic mass is 10.1. The molecule has 1 saturated heterocycles. The molecule has 0 aromatic heterocycles. The van der Waals surface area contributed by atoms with E-state index in [2.05, 4.69) is 20.7 Å². The summed E-state index contributed by atoms with van der Waals surface area (Å²) in [5.74, 6) is -1.04. The highest BCUT2D eigenvalue weighted by Gasteiger charge is 2.41. The number of esters is 1. The fourth-order valence-corrected chi connectivity index (χ4v) is 3.55. The van der Waals surface area contributed by atoms with Gasteiger partial charge in [-0.15, -0.1) is 0 Å². The maximum atomic E-state index is 12.5. The lowest BCUT2D eigenvalue weighted by Crippen LogP contribution is -2.42. The minimum atomic E-state index is -1.01. The minimum absolute atomic E-state index is 0.0496. The van der Waals surface area contributed by atoms with E-state index in [1.165, 1.54) is 20.1 Å². The molecule has 1 aliphatic heterocycles. The van der Waals surface area contributed by atoms with Gasteiger partial charge in [0.25, 0.3) is 11.1 Å². The van der Waals surface area contributed by atoms with Crippen molar-refractivity contribution in [2.45, 2.75) is 19.9 Å². The average molecular weight is 430 g/mol. The van der Waals surface area contributed by atoms with Gasteiger partial charge in [0, 0.05) is 0 Å². The van der Waals surface area contributed by atoms with Crippen molar-refractivity contribution in [1.82, 2.24) is 4.90 Å². The van der Waals surface area contributed by atoms with E-state index >= 15 is 0 Å². The maximum absolute atomic E-state index is 12.5. The normalized spacial score (nSPS) is 17.1. The quantitative estimate of drug-likeness (QED) is 0.567. The Kier molecular flexibility index (Phi) is 6.12. The molecule has 0 bridgehead atoms. The Hall–Kier alpha value is -2.00. The summed E-state index contributed by atoms with van der Waals surface area (Å²) in [5.41, 5.74) is 0.560. The summed E-state index contributed by atoms with van der Waals surface area (Å²) in [6, 6.07) is 2.14. The van der Waals surface area contributed by atoms with Crippen molar-refractivity contribution >= 4 is 50.9 Å². The highest BCUT2D eigenvalue weighted by molar-refractivity contribution is 9.10. The van der Waals surface area contributed by atoms with Crippen LogP contribution in [-0.4, -0.2) is 46.9 Å². The number of hydrogen-bond donors (Lipinski definition) is 1. The molecule has 0 aliphatic carbocycles. The summed E-state index contributed by atoms with van der Waals surface area (Å²) >= 11 is 3.95. The molecule has 0 spiro atoms. The van der Waals surface area contributed by atoms with Gasteiger partial charge in [0.2, 0.25) is 0 Å². The van der Waals surface area contributed by atoms with Crippen LogP contribution in [0, 0.1) is 0 Å². The molecular formula is C16H16BrNO6S. The third kappa shape index (κ3) is 3.98. The first-order valence-corrected chi connectivity index (χ1v) is 8.91. The molecule has 0 radical (unpaired) electrons. The fourth-order valence-electron chi connectivity index (χ4n) is 2.18. The molecule has 7 nitrogen and oxygen atoms in total. The van der Waals surface area contributed by atoms with Crippen LogP contribution >= 0.6 is 27.7 Å². The summed E-state index contributed by atoms with van der Waals surface area (Å²) < 4.78 is 10.3. The smallest absolute Gasteiger partial charge is 0.328 e. The summed E-state index contributed by atoms with van der Waals surface area (Å²) in [7, 11) is 1.19. The average Bonchev–Trinajstić information content (AvgIpc) is 2.84. The van der Waals surface area contributed by atoms with Crippen LogP contribution in [0.3, 0.4) is 0 Å². The standard InChI is InChI=1S/C16H16BrNO6S/c1-4-24-11-6-9(5-10(17)13(11)19)7-12-14(20)18(16(22)25-12)8(2)15(21)23-3/h5-8,19H,4H2,1-3H3/b12-7-/t8-/m0/s1. The molecule has 1 atom stereocenters. The number of amides is 2. The zero-order chi connectivity index (χ0) is 18.7. The van der Waals surface area contributed by atoms with Crippen molar-refractivity contribution in [3.05, 3.63) is 27.1 Å². The molecule has 1 aromatic carbocycles. The second-order valence-corrected chi connectivity index (χ2v) is 6.88. The number of imide groups is 1. The Labute approximate surface area is 157 Å². The molecule has 9 heteroatoms. The fraction of sp³-hybridized carbons (Fsp3) is 0.312. The number of carbonyl (C=O) groups excluding carboxylic acids is 3. The van der Waals surface area contributed by atoms with Gasteiger partial charge in [-0.25, -0.2) is 4.79 Å². The second kappa shape index (κ2) is 7.92. The molecular weight excluding hydrogens is 414 g/mol. The molecule has 1 fully saturated rings.